The Morgan fingerprint density at radius 1 is 0.636 bits per heavy atom. The van der Waals surface area contributed by atoms with E-state index in [1.165, 1.54) is 9.36 Å². The number of aromatic nitrogens is 7. The van der Waals surface area contributed by atoms with Crippen LogP contribution in [0.1, 0.15) is 57.8 Å². The molecule has 0 atom stereocenters. The number of pyridine rings is 3. The maximum absolute atomic E-state index is 12.9. The minimum atomic E-state index is -0.459. The van der Waals surface area contributed by atoms with Gasteiger partial charge < -0.3 is 10.6 Å². The first-order chi connectivity index (χ1) is 26.8. The molecular formula is C41H30BrN9O4. The van der Waals surface area contributed by atoms with E-state index in [9.17, 15) is 19.2 Å². The molecule has 13 nitrogen and oxygen atoms in total. The van der Waals surface area contributed by atoms with E-state index in [1.807, 2.05) is 60.7 Å². The molecule has 2 fully saturated rings. The van der Waals surface area contributed by atoms with Crippen LogP contribution in [-0.2, 0) is 0 Å². The van der Waals surface area contributed by atoms with Gasteiger partial charge in [-0.15, -0.1) is 0 Å². The Morgan fingerprint density at radius 3 is 1.67 bits per heavy atom. The Labute approximate surface area is 321 Å². The van der Waals surface area contributed by atoms with Crippen LogP contribution >= 0.6 is 15.9 Å². The molecule has 2 amide bonds. The van der Waals surface area contributed by atoms with E-state index in [-0.39, 0.29) is 23.5 Å². The number of fused-ring (bicyclic) bond motifs is 2. The average Bonchev–Trinajstić information content (AvgIpc) is 4.17. The van der Waals surface area contributed by atoms with Crippen LogP contribution in [0.25, 0.3) is 33.4 Å². The third-order valence-electron chi connectivity index (χ3n) is 8.71. The van der Waals surface area contributed by atoms with Gasteiger partial charge in [0.2, 0.25) is 10.9 Å². The minimum Gasteiger partial charge on any atom is -0.348 e. The SMILES string of the molecule is O=C(NC1CC1)c1nn(-c2cccc(Br)c2)c2ncccc2c1=O.O=C(NC1CC1)c1nn(-c2cccc(C#Cc3cccnc3)c2)c2ncccc2c1=O. The van der Waals surface area contributed by atoms with Gasteiger partial charge in [-0.05, 0) is 98.5 Å². The van der Waals surface area contributed by atoms with Gasteiger partial charge in [-0.25, -0.2) is 19.3 Å². The van der Waals surface area contributed by atoms with Crippen molar-refractivity contribution >= 4 is 49.8 Å². The molecule has 2 saturated carbocycles. The van der Waals surface area contributed by atoms with E-state index in [0.717, 1.165) is 41.3 Å². The number of nitrogens with zero attached hydrogens (tertiary/aromatic N) is 7. The second kappa shape index (κ2) is 15.2. The predicted octanol–water partition coefficient (Wildman–Crippen LogP) is 4.90. The molecule has 7 aromatic rings. The first-order valence-corrected chi connectivity index (χ1v) is 18.3. The zero-order valence-electron chi connectivity index (χ0n) is 29.0. The second-order valence-corrected chi connectivity index (χ2v) is 13.9. The summed E-state index contributed by atoms with van der Waals surface area (Å²) in [4.78, 5) is 63.2. The van der Waals surface area contributed by atoms with Crippen molar-refractivity contribution in [3.05, 3.63) is 157 Å². The molecule has 0 saturated heterocycles. The lowest BCUT2D eigenvalue weighted by atomic mass is 10.1. The number of carbonyl (C=O) groups is 2. The summed E-state index contributed by atoms with van der Waals surface area (Å²) >= 11 is 3.42. The van der Waals surface area contributed by atoms with Crippen molar-refractivity contribution in [3.8, 4) is 23.2 Å². The summed E-state index contributed by atoms with van der Waals surface area (Å²) < 4.78 is 3.92. The lowest BCUT2D eigenvalue weighted by Gasteiger charge is -2.11. The standard InChI is InChI=1S/C24H17N5O2.C17H13BrN4O2/c30-22-20-7-3-13-26-23(20)29(28-21(22)24(31)27-18-10-11-18)19-6-1-4-16(14-19)8-9-17-5-2-12-25-15-17;18-10-3-1-4-12(9-10)22-16-13(5-2-8-19-16)15(23)14(21-22)17(24)20-11-6-7-11/h1-7,12-15,18H,10-11H2,(H,27,31);1-5,8-9,11H,6-7H2,(H,20,24). The molecule has 2 aliphatic rings. The molecule has 2 aliphatic carbocycles. The van der Waals surface area contributed by atoms with Crippen molar-refractivity contribution < 1.29 is 9.59 Å². The summed E-state index contributed by atoms with van der Waals surface area (Å²) in [5.74, 6) is 5.29. The van der Waals surface area contributed by atoms with E-state index >= 15 is 0 Å². The third kappa shape index (κ3) is 7.92. The van der Waals surface area contributed by atoms with Gasteiger partial charge in [0.25, 0.3) is 11.8 Å². The Balaban J connectivity index is 0.000000160. The summed E-state index contributed by atoms with van der Waals surface area (Å²) in [7, 11) is 0. The van der Waals surface area contributed by atoms with Crippen LogP contribution < -0.4 is 21.5 Å². The molecule has 2 N–H and O–H groups in total. The normalized spacial score (nSPS) is 13.3. The molecule has 14 heteroatoms. The Hall–Kier alpha value is -6.85. The van der Waals surface area contributed by atoms with Gasteiger partial charge in [-0.1, -0.05) is 39.9 Å². The van der Waals surface area contributed by atoms with Gasteiger partial charge in [0, 0.05) is 52.5 Å². The number of benzene rings is 2. The minimum absolute atomic E-state index is 0.109. The highest BCUT2D eigenvalue weighted by atomic mass is 79.9. The fourth-order valence-corrected chi connectivity index (χ4v) is 6.04. The summed E-state index contributed by atoms with van der Waals surface area (Å²) in [5.41, 5.74) is 2.66. The van der Waals surface area contributed by atoms with Crippen LogP contribution in [0.3, 0.4) is 0 Å². The van der Waals surface area contributed by atoms with Crippen molar-refractivity contribution in [2.24, 2.45) is 0 Å². The maximum atomic E-state index is 12.9. The number of halogens is 1. The molecule has 0 bridgehead atoms. The maximum Gasteiger partial charge on any atom is 0.276 e. The van der Waals surface area contributed by atoms with E-state index in [1.54, 1.807) is 49.1 Å². The number of amides is 2. The van der Waals surface area contributed by atoms with Crippen LogP contribution in [0.4, 0.5) is 0 Å². The van der Waals surface area contributed by atoms with Crippen LogP contribution in [0.15, 0.2) is 124 Å². The highest BCUT2D eigenvalue weighted by Gasteiger charge is 2.28. The quantitative estimate of drug-likeness (QED) is 0.223. The monoisotopic (exact) mass is 791 g/mol. The Morgan fingerprint density at radius 2 is 1.15 bits per heavy atom. The number of hydrogen-bond donors (Lipinski definition) is 2. The first kappa shape index (κ1) is 35.2. The van der Waals surface area contributed by atoms with Gasteiger partial charge in [0.05, 0.1) is 22.1 Å². The Bertz CT molecular complexity index is 2800. The van der Waals surface area contributed by atoms with Crippen molar-refractivity contribution in [2.75, 3.05) is 0 Å². The fraction of sp³-hybridized carbons (Fsp3) is 0.146. The first-order valence-electron chi connectivity index (χ1n) is 17.5. The van der Waals surface area contributed by atoms with Crippen molar-refractivity contribution in [2.45, 2.75) is 37.8 Å². The molecular weight excluding hydrogens is 762 g/mol. The summed E-state index contributed by atoms with van der Waals surface area (Å²) in [6.07, 6.45) is 10.3. The molecule has 2 aromatic carbocycles. The number of nitrogens with one attached hydrogen (secondary N) is 2. The molecule has 270 valence electrons. The smallest absolute Gasteiger partial charge is 0.276 e. The van der Waals surface area contributed by atoms with Crippen molar-refractivity contribution in [3.63, 3.8) is 0 Å². The molecule has 5 aromatic heterocycles. The third-order valence-corrected chi connectivity index (χ3v) is 9.20. The van der Waals surface area contributed by atoms with Gasteiger partial charge in [-0.2, -0.15) is 10.2 Å². The van der Waals surface area contributed by atoms with Gasteiger partial charge in [0.1, 0.15) is 0 Å². The number of hydrogen-bond acceptors (Lipinski definition) is 9. The van der Waals surface area contributed by atoms with Crippen LogP contribution in [0.5, 0.6) is 0 Å². The van der Waals surface area contributed by atoms with Crippen molar-refractivity contribution in [1.82, 2.24) is 45.1 Å². The van der Waals surface area contributed by atoms with Crippen molar-refractivity contribution in [1.29, 1.82) is 0 Å². The molecule has 0 aliphatic heterocycles. The lowest BCUT2D eigenvalue weighted by molar-refractivity contribution is 0.0935. The van der Waals surface area contributed by atoms with Crippen LogP contribution in [-0.4, -0.2) is 58.4 Å². The molecule has 0 radical (unpaired) electrons. The Kier molecular flexibility index (Phi) is 9.76. The number of carbonyl (C=O) groups excluding carboxylic acids is 2. The number of rotatable bonds is 6. The lowest BCUT2D eigenvalue weighted by Crippen LogP contribution is -2.33. The summed E-state index contributed by atoms with van der Waals surface area (Å²) in [6.45, 7) is 0. The highest BCUT2D eigenvalue weighted by molar-refractivity contribution is 9.10. The molecule has 0 unspecified atom stereocenters. The van der Waals surface area contributed by atoms with Gasteiger partial charge in [0.15, 0.2) is 22.7 Å². The summed E-state index contributed by atoms with van der Waals surface area (Å²) in [6, 6.07) is 25.5. The fourth-order valence-electron chi connectivity index (χ4n) is 5.65. The van der Waals surface area contributed by atoms with Gasteiger partial charge >= 0.3 is 0 Å². The van der Waals surface area contributed by atoms with Crippen LogP contribution in [0, 0.1) is 11.8 Å². The van der Waals surface area contributed by atoms with Gasteiger partial charge in [-0.3, -0.25) is 24.2 Å². The molecule has 0 spiro atoms. The van der Waals surface area contributed by atoms with E-state index in [0.29, 0.717) is 33.4 Å². The van der Waals surface area contributed by atoms with E-state index in [4.69, 9.17) is 0 Å². The second-order valence-electron chi connectivity index (χ2n) is 12.9. The molecule has 55 heavy (non-hydrogen) atoms. The molecule has 9 rings (SSSR count). The largest absolute Gasteiger partial charge is 0.348 e. The molecule has 5 heterocycles. The van der Waals surface area contributed by atoms with E-state index in [2.05, 4.69) is 63.6 Å². The zero-order chi connectivity index (χ0) is 37.9. The predicted molar refractivity (Wildman–Crippen MR) is 209 cm³/mol. The summed E-state index contributed by atoms with van der Waals surface area (Å²) in [5, 5.41) is 15.1. The average molecular weight is 793 g/mol. The van der Waals surface area contributed by atoms with Crippen LogP contribution in [0.2, 0.25) is 0 Å². The highest BCUT2D eigenvalue weighted by Crippen LogP contribution is 2.22. The zero-order valence-corrected chi connectivity index (χ0v) is 30.6. The van der Waals surface area contributed by atoms with E-state index < -0.39 is 22.7 Å². The topological polar surface area (TPSA) is 167 Å².